The van der Waals surface area contributed by atoms with Gasteiger partial charge >= 0.3 is 5.97 Å². The van der Waals surface area contributed by atoms with Crippen molar-refractivity contribution in [3.8, 4) is 22.4 Å². The molecule has 1 heterocycles. The van der Waals surface area contributed by atoms with Crippen molar-refractivity contribution in [3.05, 3.63) is 95.4 Å². The van der Waals surface area contributed by atoms with E-state index in [1.165, 1.54) is 11.3 Å². The molecule has 0 spiro atoms. The number of aromatic nitrogens is 1. The summed E-state index contributed by atoms with van der Waals surface area (Å²) in [6.07, 6.45) is 1.78. The summed E-state index contributed by atoms with van der Waals surface area (Å²) in [6.45, 7) is 2.16. The molecule has 4 aromatic rings. The highest BCUT2D eigenvalue weighted by Gasteiger charge is 2.08. The van der Waals surface area contributed by atoms with Gasteiger partial charge in [0.15, 0.2) is 0 Å². The molecule has 0 aliphatic rings. The number of carbonyl (C=O) groups excluding carboxylic acids is 1. The normalized spacial score (nSPS) is 10.9. The lowest BCUT2D eigenvalue weighted by molar-refractivity contribution is 0.0526. The summed E-state index contributed by atoms with van der Waals surface area (Å²) in [5.41, 5.74) is 8.53. The van der Waals surface area contributed by atoms with Crippen LogP contribution in [0.1, 0.15) is 22.8 Å². The van der Waals surface area contributed by atoms with E-state index in [1.54, 1.807) is 25.3 Å². The highest BCUT2D eigenvalue weighted by molar-refractivity contribution is 7.14. The predicted octanol–water partition coefficient (Wildman–Crippen LogP) is 6.10. The van der Waals surface area contributed by atoms with Crippen LogP contribution in [0.3, 0.4) is 0 Å². The predicted molar refractivity (Wildman–Crippen MR) is 127 cm³/mol. The zero-order valence-electron chi connectivity index (χ0n) is 17.0. The van der Waals surface area contributed by atoms with Crippen molar-refractivity contribution in [1.82, 2.24) is 4.98 Å². The Labute approximate surface area is 185 Å². The van der Waals surface area contributed by atoms with Crippen molar-refractivity contribution in [2.24, 2.45) is 5.10 Å². The molecule has 0 atom stereocenters. The van der Waals surface area contributed by atoms with E-state index in [0.29, 0.717) is 12.2 Å². The van der Waals surface area contributed by atoms with Gasteiger partial charge in [-0.3, -0.25) is 5.43 Å². The third-order valence-electron chi connectivity index (χ3n) is 4.61. The van der Waals surface area contributed by atoms with E-state index in [2.05, 4.69) is 15.5 Å². The SMILES string of the molecule is CCOC(=O)c1ccc(-c2ccccc2C=NNc2nc(-c3ccccc3)cs2)cc1. The van der Waals surface area contributed by atoms with Gasteiger partial charge in [-0.15, -0.1) is 11.3 Å². The van der Waals surface area contributed by atoms with E-state index in [4.69, 9.17) is 4.74 Å². The van der Waals surface area contributed by atoms with Crippen molar-refractivity contribution in [1.29, 1.82) is 0 Å². The minimum absolute atomic E-state index is 0.314. The Balaban J connectivity index is 1.48. The maximum absolute atomic E-state index is 11.9. The lowest BCUT2D eigenvalue weighted by Crippen LogP contribution is -2.04. The minimum atomic E-state index is -0.314. The Morgan fingerprint density at radius 2 is 1.74 bits per heavy atom. The summed E-state index contributed by atoms with van der Waals surface area (Å²) in [5, 5.41) is 7.11. The fourth-order valence-corrected chi connectivity index (χ4v) is 3.76. The first-order valence-corrected chi connectivity index (χ1v) is 10.8. The molecule has 31 heavy (non-hydrogen) atoms. The van der Waals surface area contributed by atoms with Gasteiger partial charge in [0, 0.05) is 16.5 Å². The zero-order chi connectivity index (χ0) is 21.5. The Morgan fingerprint density at radius 1 is 1.00 bits per heavy atom. The first-order valence-electron chi connectivity index (χ1n) is 9.91. The van der Waals surface area contributed by atoms with Crippen LogP contribution >= 0.6 is 11.3 Å². The quantitative estimate of drug-likeness (QED) is 0.220. The molecule has 3 aromatic carbocycles. The lowest BCUT2D eigenvalue weighted by atomic mass is 9.99. The van der Waals surface area contributed by atoms with Crippen LogP contribution in [0, 0.1) is 0 Å². The molecular formula is C25H21N3O2S. The van der Waals surface area contributed by atoms with Crippen molar-refractivity contribution in [3.63, 3.8) is 0 Å². The average molecular weight is 428 g/mol. The first kappa shape index (κ1) is 20.5. The van der Waals surface area contributed by atoms with Gasteiger partial charge < -0.3 is 4.74 Å². The Bertz CT molecular complexity index is 1180. The summed E-state index contributed by atoms with van der Waals surface area (Å²) in [5.74, 6) is -0.314. The molecule has 0 aliphatic heterocycles. The van der Waals surface area contributed by atoms with Crippen LogP contribution < -0.4 is 5.43 Å². The maximum Gasteiger partial charge on any atom is 0.338 e. The smallest absolute Gasteiger partial charge is 0.338 e. The lowest BCUT2D eigenvalue weighted by Gasteiger charge is -2.07. The van der Waals surface area contributed by atoms with Crippen molar-refractivity contribution < 1.29 is 9.53 Å². The number of anilines is 1. The topological polar surface area (TPSA) is 63.6 Å². The number of nitrogens with zero attached hydrogens (tertiary/aromatic N) is 2. The van der Waals surface area contributed by atoms with Gasteiger partial charge in [0.1, 0.15) is 0 Å². The number of carbonyl (C=O) groups is 1. The van der Waals surface area contributed by atoms with Crippen LogP contribution in [0.25, 0.3) is 22.4 Å². The van der Waals surface area contributed by atoms with E-state index in [1.807, 2.05) is 72.1 Å². The monoisotopic (exact) mass is 427 g/mol. The van der Waals surface area contributed by atoms with Crippen LogP contribution in [-0.2, 0) is 4.74 Å². The number of rotatable bonds is 7. The third kappa shape index (κ3) is 5.05. The zero-order valence-corrected chi connectivity index (χ0v) is 17.8. The van der Waals surface area contributed by atoms with E-state index < -0.39 is 0 Å². The molecule has 154 valence electrons. The molecule has 0 aliphatic carbocycles. The number of hydrazone groups is 1. The molecule has 0 fully saturated rings. The van der Waals surface area contributed by atoms with Gasteiger partial charge in [-0.2, -0.15) is 5.10 Å². The first-order chi connectivity index (χ1) is 15.2. The van der Waals surface area contributed by atoms with Gasteiger partial charge in [-0.25, -0.2) is 9.78 Å². The minimum Gasteiger partial charge on any atom is -0.462 e. The summed E-state index contributed by atoms with van der Waals surface area (Å²) in [7, 11) is 0. The summed E-state index contributed by atoms with van der Waals surface area (Å²) in [6, 6.07) is 25.4. The molecule has 0 unspecified atom stereocenters. The number of esters is 1. The third-order valence-corrected chi connectivity index (χ3v) is 5.35. The van der Waals surface area contributed by atoms with Crippen molar-refractivity contribution in [2.75, 3.05) is 12.0 Å². The Kier molecular flexibility index (Phi) is 6.50. The second-order valence-corrected chi connectivity index (χ2v) is 7.52. The van der Waals surface area contributed by atoms with E-state index in [-0.39, 0.29) is 5.97 Å². The molecule has 0 amide bonds. The largest absolute Gasteiger partial charge is 0.462 e. The van der Waals surface area contributed by atoms with Crippen LogP contribution in [0.2, 0.25) is 0 Å². The highest BCUT2D eigenvalue weighted by atomic mass is 32.1. The van der Waals surface area contributed by atoms with Gasteiger partial charge in [0.2, 0.25) is 5.13 Å². The molecule has 1 N–H and O–H groups in total. The number of benzene rings is 3. The van der Waals surface area contributed by atoms with E-state index >= 15 is 0 Å². The summed E-state index contributed by atoms with van der Waals surface area (Å²) in [4.78, 5) is 16.5. The molecule has 6 heteroatoms. The Hall–Kier alpha value is -3.77. The maximum atomic E-state index is 11.9. The van der Waals surface area contributed by atoms with Crippen LogP contribution in [0.4, 0.5) is 5.13 Å². The number of thiazole rings is 1. The molecule has 0 saturated heterocycles. The van der Waals surface area contributed by atoms with Crippen molar-refractivity contribution in [2.45, 2.75) is 6.92 Å². The van der Waals surface area contributed by atoms with Crippen LogP contribution in [0.5, 0.6) is 0 Å². The Morgan fingerprint density at radius 3 is 2.52 bits per heavy atom. The standard InChI is InChI=1S/C25H21N3O2S/c1-2-30-24(29)20-14-12-18(13-15-20)22-11-7-6-10-21(22)16-26-28-25-27-23(17-31-25)19-8-4-3-5-9-19/h3-17H,2H2,1H3,(H,27,28). The van der Waals surface area contributed by atoms with Gasteiger partial charge in [-0.1, -0.05) is 66.7 Å². The van der Waals surface area contributed by atoms with Crippen LogP contribution in [0.15, 0.2) is 89.3 Å². The summed E-state index contributed by atoms with van der Waals surface area (Å²) < 4.78 is 5.05. The molecule has 0 saturated carbocycles. The highest BCUT2D eigenvalue weighted by Crippen LogP contribution is 2.25. The van der Waals surface area contributed by atoms with Gasteiger partial charge in [0.25, 0.3) is 0 Å². The second-order valence-electron chi connectivity index (χ2n) is 6.66. The molecule has 1 aromatic heterocycles. The number of hydrogen-bond acceptors (Lipinski definition) is 6. The molecule has 5 nitrogen and oxygen atoms in total. The van der Waals surface area contributed by atoms with Crippen molar-refractivity contribution >= 4 is 28.7 Å². The average Bonchev–Trinajstić information content (AvgIpc) is 3.29. The molecule has 4 rings (SSSR count). The van der Waals surface area contributed by atoms with Gasteiger partial charge in [0.05, 0.1) is 24.1 Å². The number of nitrogens with one attached hydrogen (secondary N) is 1. The van der Waals surface area contributed by atoms with Gasteiger partial charge in [-0.05, 0) is 30.2 Å². The fraction of sp³-hybridized carbons (Fsp3) is 0.0800. The molecule has 0 bridgehead atoms. The molecular weight excluding hydrogens is 406 g/mol. The van der Waals surface area contributed by atoms with Crippen LogP contribution in [-0.4, -0.2) is 23.8 Å². The van der Waals surface area contributed by atoms with E-state index in [9.17, 15) is 4.79 Å². The van der Waals surface area contributed by atoms with E-state index in [0.717, 1.165) is 33.1 Å². The summed E-state index contributed by atoms with van der Waals surface area (Å²) >= 11 is 1.51. The fourth-order valence-electron chi connectivity index (χ4n) is 3.10. The number of ether oxygens (including phenoxy) is 1. The second kappa shape index (κ2) is 9.82. The number of hydrogen-bond donors (Lipinski definition) is 1. The molecule has 0 radical (unpaired) electrons.